The first-order valence-corrected chi connectivity index (χ1v) is 7.59. The Morgan fingerprint density at radius 1 is 1.32 bits per heavy atom. The van der Waals surface area contributed by atoms with E-state index in [0.717, 1.165) is 0 Å². The Morgan fingerprint density at radius 2 is 2.00 bits per heavy atom. The van der Waals surface area contributed by atoms with Gasteiger partial charge in [0.05, 0.1) is 11.3 Å². The molecule has 0 unspecified atom stereocenters. The summed E-state index contributed by atoms with van der Waals surface area (Å²) in [7, 11) is -0.315. The maximum Gasteiger partial charge on any atom is 0.253 e. The van der Waals surface area contributed by atoms with E-state index >= 15 is 0 Å². The lowest BCUT2D eigenvalue weighted by molar-refractivity contribution is 0.0957. The maximum atomic E-state index is 11.9. The van der Waals surface area contributed by atoms with E-state index in [9.17, 15) is 13.2 Å². The van der Waals surface area contributed by atoms with Crippen LogP contribution in [0.1, 0.15) is 10.4 Å². The van der Waals surface area contributed by atoms with E-state index in [1.54, 1.807) is 19.2 Å². The zero-order valence-electron chi connectivity index (χ0n) is 10.7. The first-order chi connectivity index (χ1) is 8.89. The van der Waals surface area contributed by atoms with Crippen LogP contribution in [0.3, 0.4) is 0 Å². The van der Waals surface area contributed by atoms with E-state index < -0.39 is 10.0 Å². The van der Waals surface area contributed by atoms with Crippen LogP contribution in [0.25, 0.3) is 0 Å². The van der Waals surface area contributed by atoms with Crippen molar-refractivity contribution >= 4 is 33.2 Å². The second-order valence-corrected chi connectivity index (χ2v) is 6.20. The summed E-state index contributed by atoms with van der Waals surface area (Å²) in [6.07, 6.45) is 0. The molecule has 0 aromatic heterocycles. The van der Waals surface area contributed by atoms with E-state index in [4.69, 9.17) is 11.6 Å². The molecule has 8 heteroatoms. The highest BCUT2D eigenvalue weighted by Crippen LogP contribution is 2.20. The zero-order chi connectivity index (χ0) is 14.5. The monoisotopic (exact) mass is 305 g/mol. The molecule has 19 heavy (non-hydrogen) atoms. The van der Waals surface area contributed by atoms with E-state index in [2.05, 4.69) is 15.4 Å². The molecule has 0 fully saturated rings. The van der Waals surface area contributed by atoms with Gasteiger partial charge >= 0.3 is 0 Å². The summed E-state index contributed by atoms with van der Waals surface area (Å²) < 4.78 is 24.6. The van der Waals surface area contributed by atoms with Crippen LogP contribution in [0.2, 0.25) is 5.02 Å². The molecular weight excluding hydrogens is 290 g/mol. The lowest BCUT2D eigenvalue weighted by Crippen LogP contribution is -2.33. The molecule has 0 saturated heterocycles. The van der Waals surface area contributed by atoms with E-state index in [1.807, 2.05) is 0 Å². The summed E-state index contributed by atoms with van der Waals surface area (Å²) in [4.78, 5) is 11.9. The van der Waals surface area contributed by atoms with Crippen molar-refractivity contribution in [3.8, 4) is 0 Å². The maximum absolute atomic E-state index is 11.9. The molecule has 0 saturated carbocycles. The van der Waals surface area contributed by atoms with Gasteiger partial charge < -0.3 is 10.6 Å². The van der Waals surface area contributed by atoms with Gasteiger partial charge in [-0.1, -0.05) is 11.6 Å². The predicted octanol–water partition coefficient (Wildman–Crippen LogP) is 0.661. The fourth-order valence-electron chi connectivity index (χ4n) is 1.42. The van der Waals surface area contributed by atoms with Crippen molar-refractivity contribution in [1.82, 2.24) is 10.0 Å². The number of hydrogen-bond donors (Lipinski definition) is 3. The van der Waals surface area contributed by atoms with E-state index in [1.165, 1.54) is 13.1 Å². The van der Waals surface area contributed by atoms with E-state index in [0.29, 0.717) is 16.3 Å². The molecule has 0 heterocycles. The second-order valence-electron chi connectivity index (χ2n) is 3.72. The lowest BCUT2D eigenvalue weighted by Gasteiger charge is -2.10. The normalized spacial score (nSPS) is 11.1. The quantitative estimate of drug-likeness (QED) is 0.720. The van der Waals surface area contributed by atoms with Crippen molar-refractivity contribution in [3.05, 3.63) is 28.8 Å². The van der Waals surface area contributed by atoms with Crippen LogP contribution in [0, 0.1) is 0 Å². The summed E-state index contributed by atoms with van der Waals surface area (Å²) in [6.45, 7) is 0.0255. The minimum absolute atomic E-state index is 0.0255. The molecule has 0 radical (unpaired) electrons. The summed E-state index contributed by atoms with van der Waals surface area (Å²) >= 11 is 5.83. The highest BCUT2D eigenvalue weighted by molar-refractivity contribution is 7.89. The number of amides is 1. The third-order valence-corrected chi connectivity index (χ3v) is 4.06. The Bertz CT molecular complexity index is 560. The van der Waals surface area contributed by atoms with Gasteiger partial charge in [0.2, 0.25) is 10.0 Å². The molecule has 6 nitrogen and oxygen atoms in total. The van der Waals surface area contributed by atoms with E-state index in [-0.39, 0.29) is 18.2 Å². The topological polar surface area (TPSA) is 87.3 Å². The lowest BCUT2D eigenvalue weighted by atomic mass is 10.1. The molecule has 1 aromatic carbocycles. The van der Waals surface area contributed by atoms with Gasteiger partial charge in [-0.05, 0) is 25.2 Å². The van der Waals surface area contributed by atoms with Crippen LogP contribution >= 0.6 is 11.6 Å². The van der Waals surface area contributed by atoms with Gasteiger partial charge in [0.15, 0.2) is 0 Å². The number of nitrogens with one attached hydrogen (secondary N) is 3. The van der Waals surface area contributed by atoms with Crippen molar-refractivity contribution in [1.29, 1.82) is 0 Å². The highest BCUT2D eigenvalue weighted by atomic mass is 35.5. The van der Waals surface area contributed by atoms with Gasteiger partial charge in [0.1, 0.15) is 0 Å². The molecule has 0 atom stereocenters. The van der Waals surface area contributed by atoms with Gasteiger partial charge in [-0.3, -0.25) is 4.79 Å². The number of hydrogen-bond acceptors (Lipinski definition) is 4. The number of anilines is 1. The molecule has 0 bridgehead atoms. The van der Waals surface area contributed by atoms with Gasteiger partial charge in [0, 0.05) is 24.3 Å². The van der Waals surface area contributed by atoms with Crippen LogP contribution in [-0.2, 0) is 10.0 Å². The molecule has 0 aliphatic heterocycles. The Hall–Kier alpha value is -1.31. The van der Waals surface area contributed by atoms with Gasteiger partial charge in [-0.2, -0.15) is 0 Å². The number of carbonyl (C=O) groups is 1. The smallest absolute Gasteiger partial charge is 0.253 e. The average molecular weight is 306 g/mol. The van der Waals surface area contributed by atoms with Crippen LogP contribution in [0.5, 0.6) is 0 Å². The Kier molecular flexibility index (Phi) is 5.59. The van der Waals surface area contributed by atoms with Crippen LogP contribution in [-0.4, -0.2) is 40.7 Å². The Morgan fingerprint density at radius 3 is 2.58 bits per heavy atom. The average Bonchev–Trinajstić information content (AvgIpc) is 2.38. The van der Waals surface area contributed by atoms with Crippen molar-refractivity contribution in [2.75, 3.05) is 31.7 Å². The molecular formula is C11H16ClN3O3S. The third kappa shape index (κ3) is 4.70. The SMILES string of the molecule is CNc1ccc(Cl)cc1C(=O)NCCS(=O)(=O)NC. The summed E-state index contributed by atoms with van der Waals surface area (Å²) in [5.74, 6) is -0.553. The molecule has 0 aliphatic carbocycles. The predicted molar refractivity (Wildman–Crippen MR) is 76.2 cm³/mol. The Balaban J connectivity index is 2.71. The molecule has 106 valence electrons. The van der Waals surface area contributed by atoms with Gasteiger partial charge in [-0.25, -0.2) is 13.1 Å². The molecule has 3 N–H and O–H groups in total. The summed E-state index contributed by atoms with van der Waals surface area (Å²) in [6, 6.07) is 4.87. The van der Waals surface area contributed by atoms with Crippen LogP contribution in [0.15, 0.2) is 18.2 Å². The Labute approximate surface area is 117 Å². The second kappa shape index (κ2) is 6.74. The molecule has 1 aromatic rings. The largest absolute Gasteiger partial charge is 0.387 e. The number of sulfonamides is 1. The molecule has 1 amide bonds. The first-order valence-electron chi connectivity index (χ1n) is 5.56. The van der Waals surface area contributed by atoms with Crippen molar-refractivity contribution in [2.24, 2.45) is 0 Å². The number of benzene rings is 1. The van der Waals surface area contributed by atoms with Crippen molar-refractivity contribution < 1.29 is 13.2 Å². The number of carbonyl (C=O) groups excluding carboxylic acids is 1. The standard InChI is InChI=1S/C11H16ClN3O3S/c1-13-10-4-3-8(12)7-9(10)11(16)15-5-6-19(17,18)14-2/h3-4,7,13-14H,5-6H2,1-2H3,(H,15,16). The van der Waals surface area contributed by atoms with Gasteiger partial charge in [0.25, 0.3) is 5.91 Å². The fourth-order valence-corrected chi connectivity index (χ4v) is 2.17. The number of halogens is 1. The van der Waals surface area contributed by atoms with Crippen molar-refractivity contribution in [2.45, 2.75) is 0 Å². The third-order valence-electron chi connectivity index (χ3n) is 2.46. The summed E-state index contributed by atoms with van der Waals surface area (Å²) in [5.41, 5.74) is 0.996. The van der Waals surface area contributed by atoms with Crippen LogP contribution in [0.4, 0.5) is 5.69 Å². The summed E-state index contributed by atoms with van der Waals surface area (Å²) in [5, 5.41) is 5.84. The van der Waals surface area contributed by atoms with Crippen LogP contribution < -0.4 is 15.4 Å². The highest BCUT2D eigenvalue weighted by Gasteiger charge is 2.13. The minimum atomic E-state index is -3.33. The van der Waals surface area contributed by atoms with Crippen molar-refractivity contribution in [3.63, 3.8) is 0 Å². The van der Waals surface area contributed by atoms with Gasteiger partial charge in [-0.15, -0.1) is 0 Å². The molecule has 0 spiro atoms. The first kappa shape index (κ1) is 15.7. The fraction of sp³-hybridized carbons (Fsp3) is 0.364. The minimum Gasteiger partial charge on any atom is -0.387 e. The molecule has 0 aliphatic rings. The zero-order valence-corrected chi connectivity index (χ0v) is 12.2. The number of rotatable bonds is 6. The molecule has 1 rings (SSSR count).